The fraction of sp³-hybridized carbons (Fsp3) is 0.200. The Morgan fingerprint density at radius 1 is 1.06 bits per heavy atom. The molecule has 17 heavy (non-hydrogen) atoms. The van der Waals surface area contributed by atoms with E-state index in [2.05, 4.69) is 41.4 Å². The molecule has 2 atom stereocenters. The van der Waals surface area contributed by atoms with E-state index in [0.29, 0.717) is 12.5 Å². The van der Waals surface area contributed by atoms with Crippen molar-refractivity contribution in [1.82, 2.24) is 0 Å². The fourth-order valence-electron chi connectivity index (χ4n) is 1.77. The van der Waals surface area contributed by atoms with Gasteiger partial charge in [0.05, 0.1) is 12.2 Å². The molecule has 2 aliphatic rings. The third-order valence-electron chi connectivity index (χ3n) is 2.74. The van der Waals surface area contributed by atoms with Crippen molar-refractivity contribution in [2.45, 2.75) is 0 Å². The van der Waals surface area contributed by atoms with E-state index in [1.54, 1.807) is 6.21 Å². The highest BCUT2D eigenvalue weighted by atomic mass is 14.8. The van der Waals surface area contributed by atoms with Crippen molar-refractivity contribution in [2.75, 3.05) is 6.54 Å². The monoisotopic (exact) mass is 224 g/mol. The zero-order valence-electron chi connectivity index (χ0n) is 9.79. The predicted octanol–water partition coefficient (Wildman–Crippen LogP) is 3.13. The van der Waals surface area contributed by atoms with Gasteiger partial charge in [-0.3, -0.25) is 9.98 Å². The van der Waals surface area contributed by atoms with Gasteiger partial charge in [-0.2, -0.15) is 0 Å². The topological polar surface area (TPSA) is 24.7 Å². The molecule has 0 N–H and O–H groups in total. The first-order valence-corrected chi connectivity index (χ1v) is 5.69. The second kappa shape index (κ2) is 5.39. The van der Waals surface area contributed by atoms with Gasteiger partial charge in [0.2, 0.25) is 0 Å². The molecule has 0 aromatic rings. The SMILES string of the molecule is C=C1C=CC2/C=C\C=N/C(=C)C/N=C\C2C=C1. The van der Waals surface area contributed by atoms with Crippen molar-refractivity contribution >= 4 is 12.4 Å². The van der Waals surface area contributed by atoms with Crippen LogP contribution in [0, 0.1) is 11.8 Å². The second-order valence-corrected chi connectivity index (χ2v) is 4.17. The summed E-state index contributed by atoms with van der Waals surface area (Å²) >= 11 is 0. The summed E-state index contributed by atoms with van der Waals surface area (Å²) in [5.41, 5.74) is 1.80. The summed E-state index contributed by atoms with van der Waals surface area (Å²) in [6, 6.07) is 0. The number of nitrogens with zero attached hydrogens (tertiary/aromatic N) is 2. The molecule has 0 aromatic heterocycles. The largest absolute Gasteiger partial charge is 0.291 e. The van der Waals surface area contributed by atoms with Gasteiger partial charge in [0.25, 0.3) is 0 Å². The zero-order chi connectivity index (χ0) is 12.1. The number of rotatable bonds is 0. The number of hydrogen-bond donors (Lipinski definition) is 0. The van der Waals surface area contributed by atoms with Crippen molar-refractivity contribution in [3.8, 4) is 0 Å². The first-order chi connectivity index (χ1) is 8.25. The van der Waals surface area contributed by atoms with E-state index >= 15 is 0 Å². The van der Waals surface area contributed by atoms with Crippen LogP contribution >= 0.6 is 0 Å². The summed E-state index contributed by atoms with van der Waals surface area (Å²) in [6.07, 6.45) is 16.2. The molecular weight excluding hydrogens is 208 g/mol. The summed E-state index contributed by atoms with van der Waals surface area (Å²) in [7, 11) is 0. The Balaban J connectivity index is 2.31. The number of aliphatic imine (C=N–C) groups is 2. The number of fused-ring (bicyclic) bond motifs is 1. The molecule has 1 heterocycles. The molecule has 1 aliphatic heterocycles. The highest BCUT2D eigenvalue weighted by molar-refractivity contribution is 5.73. The fourth-order valence-corrected chi connectivity index (χ4v) is 1.77. The normalized spacial score (nSPS) is 33.6. The Bertz CT molecular complexity index is 461. The summed E-state index contributed by atoms with van der Waals surface area (Å²) in [6.45, 7) is 8.34. The Hall–Kier alpha value is -1.96. The molecule has 0 aromatic carbocycles. The first kappa shape index (κ1) is 11.5. The van der Waals surface area contributed by atoms with Gasteiger partial charge in [0, 0.05) is 24.3 Å². The van der Waals surface area contributed by atoms with Gasteiger partial charge < -0.3 is 0 Å². The maximum Gasteiger partial charge on any atom is 0.0802 e. The highest BCUT2D eigenvalue weighted by Gasteiger charge is 2.13. The van der Waals surface area contributed by atoms with Crippen LogP contribution in [0.15, 0.2) is 70.9 Å². The van der Waals surface area contributed by atoms with Crippen molar-refractivity contribution in [3.63, 3.8) is 0 Å². The van der Waals surface area contributed by atoms with Crippen LogP contribution in [0.1, 0.15) is 0 Å². The molecule has 2 heteroatoms. The molecule has 0 radical (unpaired) electrons. The summed E-state index contributed by atoms with van der Waals surface area (Å²) in [5.74, 6) is 0.591. The lowest BCUT2D eigenvalue weighted by Crippen LogP contribution is -2.10. The van der Waals surface area contributed by atoms with Crippen LogP contribution < -0.4 is 0 Å². The van der Waals surface area contributed by atoms with E-state index in [0.717, 1.165) is 11.3 Å². The lowest BCUT2D eigenvalue weighted by atomic mass is 9.93. The second-order valence-electron chi connectivity index (χ2n) is 4.17. The molecule has 2 unspecified atom stereocenters. The van der Waals surface area contributed by atoms with Gasteiger partial charge in [0.1, 0.15) is 0 Å². The van der Waals surface area contributed by atoms with E-state index in [4.69, 9.17) is 0 Å². The number of allylic oxidation sites excluding steroid dienone is 7. The molecule has 0 bridgehead atoms. The van der Waals surface area contributed by atoms with E-state index in [-0.39, 0.29) is 5.92 Å². The third kappa shape index (κ3) is 3.25. The maximum absolute atomic E-state index is 4.38. The van der Waals surface area contributed by atoms with Crippen molar-refractivity contribution in [3.05, 3.63) is 60.9 Å². The highest BCUT2D eigenvalue weighted by Crippen LogP contribution is 2.21. The molecular formula is C15H16N2. The van der Waals surface area contributed by atoms with E-state index in [1.807, 2.05) is 24.4 Å². The quantitative estimate of drug-likeness (QED) is 0.604. The van der Waals surface area contributed by atoms with Gasteiger partial charge in [0.15, 0.2) is 0 Å². The average molecular weight is 224 g/mol. The van der Waals surface area contributed by atoms with Crippen LogP contribution in [0.3, 0.4) is 0 Å². The molecule has 0 spiro atoms. The molecule has 0 saturated heterocycles. The summed E-state index contributed by atoms with van der Waals surface area (Å²) in [5, 5.41) is 0. The van der Waals surface area contributed by atoms with E-state index < -0.39 is 0 Å². The molecule has 0 saturated carbocycles. The molecule has 86 valence electrons. The lowest BCUT2D eigenvalue weighted by molar-refractivity contribution is 0.724. The summed E-state index contributed by atoms with van der Waals surface area (Å²) in [4.78, 5) is 8.56. The Morgan fingerprint density at radius 3 is 2.65 bits per heavy atom. The minimum Gasteiger partial charge on any atom is -0.291 e. The van der Waals surface area contributed by atoms with Crippen LogP contribution in [0.5, 0.6) is 0 Å². The van der Waals surface area contributed by atoms with Gasteiger partial charge in [-0.1, -0.05) is 43.5 Å². The Labute approximate surface area is 102 Å². The van der Waals surface area contributed by atoms with Gasteiger partial charge >= 0.3 is 0 Å². The molecule has 2 rings (SSSR count). The van der Waals surface area contributed by atoms with E-state index in [1.165, 1.54) is 0 Å². The third-order valence-corrected chi connectivity index (χ3v) is 2.74. The van der Waals surface area contributed by atoms with E-state index in [9.17, 15) is 0 Å². The van der Waals surface area contributed by atoms with Gasteiger partial charge in [-0.05, 0) is 11.6 Å². The van der Waals surface area contributed by atoms with Crippen molar-refractivity contribution in [1.29, 1.82) is 0 Å². The minimum atomic E-state index is 0.279. The molecule has 0 amide bonds. The average Bonchev–Trinajstić information content (AvgIpc) is 2.49. The van der Waals surface area contributed by atoms with Crippen LogP contribution in [0.2, 0.25) is 0 Å². The standard InChI is InChI=1S/C15H16N2/c1-12-5-7-14-4-3-9-17-13(2)10-16-11-15(14)8-6-12/h3-9,11,14-15H,1-2,10H2/b4-3-,16-11-,17-9-. The van der Waals surface area contributed by atoms with Crippen LogP contribution in [-0.2, 0) is 0 Å². The van der Waals surface area contributed by atoms with Crippen LogP contribution in [-0.4, -0.2) is 19.0 Å². The Morgan fingerprint density at radius 2 is 1.82 bits per heavy atom. The lowest BCUT2D eigenvalue weighted by Gasteiger charge is -2.13. The van der Waals surface area contributed by atoms with Gasteiger partial charge in [-0.15, -0.1) is 0 Å². The molecule has 2 nitrogen and oxygen atoms in total. The van der Waals surface area contributed by atoms with Crippen molar-refractivity contribution < 1.29 is 0 Å². The Kier molecular flexibility index (Phi) is 3.66. The molecule has 1 aliphatic carbocycles. The van der Waals surface area contributed by atoms with Crippen molar-refractivity contribution in [2.24, 2.45) is 21.8 Å². The minimum absolute atomic E-state index is 0.279. The van der Waals surface area contributed by atoms with Crippen LogP contribution in [0.25, 0.3) is 0 Å². The first-order valence-electron chi connectivity index (χ1n) is 5.69. The molecule has 0 fully saturated rings. The summed E-state index contributed by atoms with van der Waals surface area (Å²) < 4.78 is 0. The predicted molar refractivity (Wildman–Crippen MR) is 74.5 cm³/mol. The van der Waals surface area contributed by atoms with Crippen LogP contribution in [0.4, 0.5) is 0 Å². The zero-order valence-corrected chi connectivity index (χ0v) is 9.79. The maximum atomic E-state index is 4.38. The number of hydrogen-bond acceptors (Lipinski definition) is 2. The van der Waals surface area contributed by atoms with Gasteiger partial charge in [-0.25, -0.2) is 0 Å². The smallest absolute Gasteiger partial charge is 0.0802 e.